The molecule has 0 N–H and O–H groups in total. The average molecular weight is 835 g/mol. The molecule has 0 saturated heterocycles. The van der Waals surface area contributed by atoms with Crippen LogP contribution in [0.25, 0.3) is 0 Å². The summed E-state index contributed by atoms with van der Waals surface area (Å²) in [6.45, 7) is 9.03. The van der Waals surface area contributed by atoms with Gasteiger partial charge in [-0.05, 0) is 25.2 Å². The maximum atomic E-state index is 12.8. The third-order valence-electron chi connectivity index (χ3n) is 12.0. The maximum Gasteiger partial charge on any atom is 0.306 e. The second-order valence-corrected chi connectivity index (χ2v) is 18.6. The van der Waals surface area contributed by atoms with Crippen molar-refractivity contribution in [2.45, 2.75) is 303 Å². The van der Waals surface area contributed by atoms with Crippen LogP contribution in [-0.4, -0.2) is 37.2 Å². The van der Waals surface area contributed by atoms with E-state index in [4.69, 9.17) is 14.2 Å². The fourth-order valence-electron chi connectivity index (χ4n) is 8.04. The first-order chi connectivity index (χ1) is 28.9. The van der Waals surface area contributed by atoms with Crippen LogP contribution in [0.15, 0.2) is 0 Å². The number of carbonyl (C=O) groups excluding carboxylic acids is 3. The van der Waals surface area contributed by atoms with Crippen LogP contribution in [-0.2, 0) is 28.6 Å². The van der Waals surface area contributed by atoms with Crippen LogP contribution in [0.4, 0.5) is 0 Å². The first-order valence-electron chi connectivity index (χ1n) is 26.4. The lowest BCUT2D eigenvalue weighted by atomic mass is 10.0. The molecule has 0 aliphatic rings. The van der Waals surface area contributed by atoms with E-state index in [-0.39, 0.29) is 31.1 Å². The zero-order valence-corrected chi connectivity index (χ0v) is 40.2. The zero-order valence-electron chi connectivity index (χ0n) is 40.2. The van der Waals surface area contributed by atoms with Crippen LogP contribution in [0.1, 0.15) is 297 Å². The van der Waals surface area contributed by atoms with Crippen LogP contribution in [0, 0.1) is 5.92 Å². The lowest BCUT2D eigenvalue weighted by Crippen LogP contribution is -2.30. The zero-order chi connectivity index (χ0) is 43.1. The minimum Gasteiger partial charge on any atom is -0.462 e. The molecule has 350 valence electrons. The lowest BCUT2D eigenvalue weighted by molar-refractivity contribution is -0.167. The third-order valence-corrected chi connectivity index (χ3v) is 12.0. The Kier molecular flexibility index (Phi) is 46.2. The van der Waals surface area contributed by atoms with Crippen molar-refractivity contribution >= 4 is 17.9 Å². The van der Waals surface area contributed by atoms with Crippen LogP contribution in [0.2, 0.25) is 0 Å². The number of carbonyl (C=O) groups is 3. The van der Waals surface area contributed by atoms with E-state index < -0.39 is 6.10 Å². The van der Waals surface area contributed by atoms with Crippen LogP contribution in [0.5, 0.6) is 0 Å². The molecule has 0 radical (unpaired) electrons. The van der Waals surface area contributed by atoms with Crippen molar-refractivity contribution in [3.8, 4) is 0 Å². The topological polar surface area (TPSA) is 78.9 Å². The molecule has 0 heterocycles. The smallest absolute Gasteiger partial charge is 0.306 e. The summed E-state index contributed by atoms with van der Waals surface area (Å²) < 4.78 is 16.8. The van der Waals surface area contributed by atoms with E-state index in [1.54, 1.807) is 0 Å². The summed E-state index contributed by atoms with van der Waals surface area (Å²) in [5.41, 5.74) is 0. The van der Waals surface area contributed by atoms with Crippen molar-refractivity contribution in [3.05, 3.63) is 0 Å². The van der Waals surface area contributed by atoms with Crippen molar-refractivity contribution in [1.82, 2.24) is 0 Å². The second kappa shape index (κ2) is 47.5. The SMILES string of the molecule is CCCCCCCCCCCCCCCCC(=O)OC[C@H](COC(=O)CCCCCCCCCCCCCCC)OC(=O)CCCCCCCCCCCCCC(C)C. The molecule has 0 amide bonds. The number of rotatable bonds is 48. The van der Waals surface area contributed by atoms with Gasteiger partial charge in [0.2, 0.25) is 0 Å². The number of ether oxygens (including phenoxy) is 3. The van der Waals surface area contributed by atoms with Gasteiger partial charge in [-0.25, -0.2) is 0 Å². The Morgan fingerprint density at radius 2 is 0.559 bits per heavy atom. The van der Waals surface area contributed by atoms with Crippen molar-refractivity contribution in [2.75, 3.05) is 13.2 Å². The Balaban J connectivity index is 4.31. The van der Waals surface area contributed by atoms with Gasteiger partial charge in [-0.3, -0.25) is 14.4 Å². The van der Waals surface area contributed by atoms with E-state index in [1.165, 1.54) is 193 Å². The first kappa shape index (κ1) is 57.4. The van der Waals surface area contributed by atoms with Crippen LogP contribution < -0.4 is 0 Å². The van der Waals surface area contributed by atoms with Gasteiger partial charge in [0.25, 0.3) is 0 Å². The highest BCUT2D eigenvalue weighted by Gasteiger charge is 2.19. The number of hydrogen-bond acceptors (Lipinski definition) is 6. The second-order valence-electron chi connectivity index (χ2n) is 18.6. The Morgan fingerprint density at radius 1 is 0.322 bits per heavy atom. The van der Waals surface area contributed by atoms with Crippen molar-refractivity contribution < 1.29 is 28.6 Å². The van der Waals surface area contributed by atoms with Crippen molar-refractivity contribution in [3.63, 3.8) is 0 Å². The predicted molar refractivity (Wildman–Crippen MR) is 252 cm³/mol. The van der Waals surface area contributed by atoms with Gasteiger partial charge in [-0.2, -0.15) is 0 Å². The normalized spacial score (nSPS) is 11.9. The van der Waals surface area contributed by atoms with E-state index in [0.29, 0.717) is 19.3 Å². The summed E-state index contributed by atoms with van der Waals surface area (Å²) in [6, 6.07) is 0. The highest BCUT2D eigenvalue weighted by atomic mass is 16.6. The molecule has 0 spiro atoms. The van der Waals surface area contributed by atoms with Crippen LogP contribution in [0.3, 0.4) is 0 Å². The summed E-state index contributed by atoms with van der Waals surface area (Å²) in [6.07, 6.45) is 49.4. The van der Waals surface area contributed by atoms with Gasteiger partial charge in [-0.1, -0.05) is 259 Å². The van der Waals surface area contributed by atoms with E-state index in [9.17, 15) is 14.4 Å². The summed E-state index contributed by atoms with van der Waals surface area (Å²) >= 11 is 0. The molecule has 6 nitrogen and oxygen atoms in total. The molecule has 0 aromatic heterocycles. The van der Waals surface area contributed by atoms with E-state index in [0.717, 1.165) is 63.7 Å². The lowest BCUT2D eigenvalue weighted by Gasteiger charge is -2.18. The molecule has 0 aromatic rings. The molecule has 0 aromatic carbocycles. The molecule has 59 heavy (non-hydrogen) atoms. The first-order valence-corrected chi connectivity index (χ1v) is 26.4. The number of esters is 3. The standard InChI is InChI=1S/C53H102O6/c1-5-7-9-11-13-15-17-19-21-25-29-33-37-41-45-52(55)58-48-50(47-57-51(54)44-40-36-32-28-24-20-18-16-14-12-10-8-6-2)59-53(56)46-42-38-34-30-26-22-23-27-31-35-39-43-49(3)4/h49-50H,5-48H2,1-4H3/t50-/m0/s1. The summed E-state index contributed by atoms with van der Waals surface area (Å²) in [5.74, 6) is -0.0175. The molecule has 0 saturated carbocycles. The van der Waals surface area contributed by atoms with Gasteiger partial charge in [0.05, 0.1) is 0 Å². The largest absolute Gasteiger partial charge is 0.462 e. The summed E-state index contributed by atoms with van der Waals surface area (Å²) in [5, 5.41) is 0. The third kappa shape index (κ3) is 47.3. The molecule has 0 fully saturated rings. The van der Waals surface area contributed by atoms with Crippen LogP contribution >= 0.6 is 0 Å². The Labute approximate surface area is 368 Å². The van der Waals surface area contributed by atoms with Gasteiger partial charge in [-0.15, -0.1) is 0 Å². The predicted octanol–water partition coefficient (Wildman–Crippen LogP) is 17.1. The van der Waals surface area contributed by atoms with E-state index >= 15 is 0 Å². The quantitative estimate of drug-likeness (QED) is 0.0345. The molecular formula is C53H102O6. The van der Waals surface area contributed by atoms with Crippen molar-refractivity contribution in [2.24, 2.45) is 5.92 Å². The highest BCUT2D eigenvalue weighted by Crippen LogP contribution is 2.17. The molecule has 6 heteroatoms. The monoisotopic (exact) mass is 835 g/mol. The molecule has 0 aliphatic heterocycles. The van der Waals surface area contributed by atoms with E-state index in [1.807, 2.05) is 0 Å². The number of unbranched alkanes of at least 4 members (excludes halogenated alkanes) is 35. The van der Waals surface area contributed by atoms with Gasteiger partial charge >= 0.3 is 17.9 Å². The summed E-state index contributed by atoms with van der Waals surface area (Å²) in [4.78, 5) is 38.0. The number of hydrogen-bond donors (Lipinski definition) is 0. The molecular weight excluding hydrogens is 733 g/mol. The molecule has 1 atom stereocenters. The molecule has 0 aliphatic carbocycles. The minimum absolute atomic E-state index is 0.0626. The average Bonchev–Trinajstić information content (AvgIpc) is 3.22. The maximum absolute atomic E-state index is 12.8. The fraction of sp³-hybridized carbons (Fsp3) is 0.943. The van der Waals surface area contributed by atoms with Gasteiger partial charge < -0.3 is 14.2 Å². The Hall–Kier alpha value is -1.59. The molecule has 0 unspecified atom stereocenters. The van der Waals surface area contributed by atoms with Crippen molar-refractivity contribution in [1.29, 1.82) is 0 Å². The molecule has 0 rings (SSSR count). The van der Waals surface area contributed by atoms with Gasteiger partial charge in [0.1, 0.15) is 13.2 Å². The van der Waals surface area contributed by atoms with Gasteiger partial charge in [0.15, 0.2) is 6.10 Å². The fourth-order valence-corrected chi connectivity index (χ4v) is 8.04. The minimum atomic E-state index is -0.760. The summed E-state index contributed by atoms with van der Waals surface area (Å²) in [7, 11) is 0. The van der Waals surface area contributed by atoms with Gasteiger partial charge in [0, 0.05) is 19.3 Å². The Morgan fingerprint density at radius 3 is 0.831 bits per heavy atom. The Bertz CT molecular complexity index is 887. The molecule has 0 bridgehead atoms. The van der Waals surface area contributed by atoms with E-state index in [2.05, 4.69) is 27.7 Å². The highest BCUT2D eigenvalue weighted by molar-refractivity contribution is 5.71.